The van der Waals surface area contributed by atoms with Gasteiger partial charge in [-0.25, -0.2) is 13.2 Å². The van der Waals surface area contributed by atoms with Crippen molar-refractivity contribution in [3.05, 3.63) is 29.6 Å². The maximum atomic E-state index is 13.7. The molecule has 2 rings (SSSR count). The first-order valence-electron chi connectivity index (χ1n) is 6.99. The van der Waals surface area contributed by atoms with Crippen LogP contribution in [0.25, 0.3) is 0 Å². The van der Waals surface area contributed by atoms with Crippen LogP contribution in [-0.4, -0.2) is 6.04 Å². The first-order chi connectivity index (χ1) is 9.08. The van der Waals surface area contributed by atoms with E-state index in [1.807, 2.05) is 0 Å². The van der Waals surface area contributed by atoms with E-state index in [1.165, 1.54) is 0 Å². The number of nitrogens with one attached hydrogen (secondary N) is 1. The number of rotatable bonds is 2. The fourth-order valence-electron chi connectivity index (χ4n) is 3.83. The van der Waals surface area contributed by atoms with Crippen molar-refractivity contribution in [3.63, 3.8) is 0 Å². The third-order valence-corrected chi connectivity index (χ3v) is 3.91. The summed E-state index contributed by atoms with van der Waals surface area (Å²) in [6.45, 7) is 8.69. The molecule has 1 aliphatic carbocycles. The van der Waals surface area contributed by atoms with Gasteiger partial charge in [-0.05, 0) is 30.1 Å². The van der Waals surface area contributed by atoms with Crippen molar-refractivity contribution in [1.29, 1.82) is 0 Å². The molecule has 20 heavy (non-hydrogen) atoms. The van der Waals surface area contributed by atoms with Gasteiger partial charge in [0.25, 0.3) is 0 Å². The van der Waals surface area contributed by atoms with E-state index in [2.05, 4.69) is 33.0 Å². The highest BCUT2D eigenvalue weighted by atomic mass is 19.2. The van der Waals surface area contributed by atoms with E-state index in [0.29, 0.717) is 6.07 Å². The lowest BCUT2D eigenvalue weighted by Gasteiger charge is -2.45. The average molecular weight is 285 g/mol. The Labute approximate surface area is 118 Å². The molecule has 0 aliphatic heterocycles. The predicted octanol–water partition coefficient (Wildman–Crippen LogP) is 5.12. The van der Waals surface area contributed by atoms with Crippen molar-refractivity contribution in [2.45, 2.75) is 53.0 Å². The highest BCUT2D eigenvalue weighted by molar-refractivity contribution is 5.46. The van der Waals surface area contributed by atoms with Crippen LogP contribution in [0, 0.1) is 28.3 Å². The van der Waals surface area contributed by atoms with Crippen molar-refractivity contribution in [2.75, 3.05) is 5.32 Å². The highest BCUT2D eigenvalue weighted by Crippen LogP contribution is 2.46. The molecule has 0 bridgehead atoms. The maximum absolute atomic E-state index is 13.7. The second kappa shape index (κ2) is 4.97. The Kier molecular flexibility index (Phi) is 3.78. The molecule has 1 saturated carbocycles. The molecule has 0 amide bonds. The van der Waals surface area contributed by atoms with E-state index >= 15 is 0 Å². The molecule has 0 unspecified atom stereocenters. The largest absolute Gasteiger partial charge is 0.380 e. The topological polar surface area (TPSA) is 12.0 Å². The van der Waals surface area contributed by atoms with Crippen LogP contribution in [0.2, 0.25) is 0 Å². The van der Waals surface area contributed by atoms with Crippen molar-refractivity contribution in [1.82, 2.24) is 0 Å². The normalized spacial score (nSPS) is 21.8. The number of halogens is 3. The molecular formula is C16H22F3N. The number of hydrogen-bond acceptors (Lipinski definition) is 1. The summed E-state index contributed by atoms with van der Waals surface area (Å²) >= 11 is 0. The van der Waals surface area contributed by atoms with Gasteiger partial charge in [0.2, 0.25) is 0 Å². The first kappa shape index (κ1) is 15.2. The zero-order chi connectivity index (χ0) is 15.1. The Bertz CT molecular complexity index is 493. The second-order valence-corrected chi connectivity index (χ2v) is 7.50. The molecule has 1 nitrogen and oxygen atoms in total. The van der Waals surface area contributed by atoms with E-state index in [0.717, 1.165) is 25.3 Å². The van der Waals surface area contributed by atoms with Crippen LogP contribution in [0.3, 0.4) is 0 Å². The minimum atomic E-state index is -1.15. The lowest BCUT2D eigenvalue weighted by molar-refractivity contribution is 0.105. The molecule has 0 radical (unpaired) electrons. The Morgan fingerprint density at radius 1 is 1.00 bits per heavy atom. The predicted molar refractivity (Wildman–Crippen MR) is 75.1 cm³/mol. The lowest BCUT2D eigenvalue weighted by Crippen LogP contribution is -2.40. The molecule has 1 aromatic carbocycles. The van der Waals surface area contributed by atoms with Crippen LogP contribution in [0.4, 0.5) is 18.9 Å². The van der Waals surface area contributed by atoms with Gasteiger partial charge >= 0.3 is 0 Å². The van der Waals surface area contributed by atoms with Crippen LogP contribution in [0.5, 0.6) is 0 Å². The molecule has 1 aliphatic rings. The van der Waals surface area contributed by atoms with Gasteiger partial charge in [-0.3, -0.25) is 0 Å². The Balaban J connectivity index is 2.22. The van der Waals surface area contributed by atoms with Crippen LogP contribution in [-0.2, 0) is 0 Å². The Morgan fingerprint density at radius 2 is 1.55 bits per heavy atom. The van der Waals surface area contributed by atoms with Gasteiger partial charge in [-0.15, -0.1) is 0 Å². The summed E-state index contributed by atoms with van der Waals surface area (Å²) in [5, 5.41) is 2.99. The molecule has 0 aromatic heterocycles. The zero-order valence-electron chi connectivity index (χ0n) is 12.5. The van der Waals surface area contributed by atoms with Gasteiger partial charge < -0.3 is 5.32 Å². The molecule has 0 atom stereocenters. The summed E-state index contributed by atoms with van der Waals surface area (Å²) in [4.78, 5) is 0. The highest BCUT2D eigenvalue weighted by Gasteiger charge is 2.38. The molecule has 4 heteroatoms. The standard InChI is InChI=1S/C16H22F3N/c1-15(2)7-11(8-16(3,4)9-15)20-13-6-10(17)5-12(18)14(13)19/h5-6,11,20H,7-9H2,1-4H3. The van der Waals surface area contributed by atoms with E-state index in [9.17, 15) is 13.2 Å². The van der Waals surface area contributed by atoms with Gasteiger partial charge in [0.05, 0.1) is 5.69 Å². The molecular weight excluding hydrogens is 263 g/mol. The lowest BCUT2D eigenvalue weighted by atomic mass is 9.63. The van der Waals surface area contributed by atoms with Crippen molar-refractivity contribution < 1.29 is 13.2 Å². The van der Waals surface area contributed by atoms with Crippen LogP contribution < -0.4 is 5.32 Å². The molecule has 0 heterocycles. The minimum absolute atomic E-state index is 0.0180. The van der Waals surface area contributed by atoms with E-state index in [4.69, 9.17) is 0 Å². The van der Waals surface area contributed by atoms with Crippen molar-refractivity contribution >= 4 is 5.69 Å². The van der Waals surface area contributed by atoms with E-state index < -0.39 is 17.5 Å². The quantitative estimate of drug-likeness (QED) is 0.744. The first-order valence-corrected chi connectivity index (χ1v) is 6.99. The minimum Gasteiger partial charge on any atom is -0.380 e. The molecule has 112 valence electrons. The summed E-state index contributed by atoms with van der Waals surface area (Å²) in [5.74, 6) is -2.92. The number of hydrogen-bond donors (Lipinski definition) is 1. The zero-order valence-corrected chi connectivity index (χ0v) is 12.5. The fourth-order valence-corrected chi connectivity index (χ4v) is 3.83. The number of benzene rings is 1. The molecule has 0 spiro atoms. The maximum Gasteiger partial charge on any atom is 0.182 e. The van der Waals surface area contributed by atoms with E-state index in [1.54, 1.807) is 0 Å². The van der Waals surface area contributed by atoms with Crippen LogP contribution in [0.15, 0.2) is 12.1 Å². The summed E-state index contributed by atoms with van der Waals surface area (Å²) in [6.07, 6.45) is 2.79. The third-order valence-electron chi connectivity index (χ3n) is 3.91. The monoisotopic (exact) mass is 285 g/mol. The summed E-state index contributed by atoms with van der Waals surface area (Å²) in [6, 6.07) is 1.60. The molecule has 1 aromatic rings. The fraction of sp³-hybridized carbons (Fsp3) is 0.625. The molecule has 0 saturated heterocycles. The molecule has 1 fully saturated rings. The van der Waals surface area contributed by atoms with E-state index in [-0.39, 0.29) is 22.6 Å². The van der Waals surface area contributed by atoms with Gasteiger partial charge in [0, 0.05) is 18.2 Å². The van der Waals surface area contributed by atoms with Crippen molar-refractivity contribution in [2.24, 2.45) is 10.8 Å². The van der Waals surface area contributed by atoms with Crippen LogP contribution >= 0.6 is 0 Å². The average Bonchev–Trinajstić information content (AvgIpc) is 2.20. The second-order valence-electron chi connectivity index (χ2n) is 7.50. The van der Waals surface area contributed by atoms with Crippen molar-refractivity contribution in [3.8, 4) is 0 Å². The number of anilines is 1. The Morgan fingerprint density at radius 3 is 2.10 bits per heavy atom. The Hall–Kier alpha value is -1.19. The molecule has 1 N–H and O–H groups in total. The van der Waals surface area contributed by atoms with Gasteiger partial charge in [0.1, 0.15) is 5.82 Å². The summed E-state index contributed by atoms with van der Waals surface area (Å²) in [7, 11) is 0. The SMILES string of the molecule is CC1(C)CC(Nc2cc(F)cc(F)c2F)CC(C)(C)C1. The van der Waals surface area contributed by atoms with Gasteiger partial charge in [-0.2, -0.15) is 0 Å². The van der Waals surface area contributed by atoms with Gasteiger partial charge in [-0.1, -0.05) is 27.7 Å². The summed E-state index contributed by atoms with van der Waals surface area (Å²) < 4.78 is 40.2. The van der Waals surface area contributed by atoms with Crippen LogP contribution in [0.1, 0.15) is 47.0 Å². The smallest absolute Gasteiger partial charge is 0.182 e. The summed E-state index contributed by atoms with van der Waals surface area (Å²) in [5.41, 5.74) is 0.171. The third kappa shape index (κ3) is 3.47. The van der Waals surface area contributed by atoms with Gasteiger partial charge in [0.15, 0.2) is 11.6 Å².